The molecule has 0 saturated carbocycles. The molecule has 0 spiro atoms. The molecule has 0 fully saturated rings. The van der Waals surface area contributed by atoms with Crippen LogP contribution < -0.4 is 50.9 Å². The highest BCUT2D eigenvalue weighted by Gasteiger charge is 2.10. The molecule has 12 aromatic carbocycles. The third-order valence-electron chi connectivity index (χ3n) is 22.9. The summed E-state index contributed by atoms with van der Waals surface area (Å²) in [6, 6.07) is 104. The Morgan fingerprint density at radius 3 is 0.800 bits per heavy atom. The van der Waals surface area contributed by atoms with Crippen LogP contribution in [0.1, 0.15) is 323 Å². The van der Waals surface area contributed by atoms with Crippen LogP contribution in [0.3, 0.4) is 0 Å². The van der Waals surface area contributed by atoms with Crippen LogP contribution in [-0.4, -0.2) is 98.2 Å². The summed E-state index contributed by atoms with van der Waals surface area (Å²) in [6.07, 6.45) is 1.20. The number of rotatable bonds is 22. The summed E-state index contributed by atoms with van der Waals surface area (Å²) < 4.78 is 5.05. The van der Waals surface area contributed by atoms with Crippen molar-refractivity contribution in [1.82, 2.24) is 0 Å². The number of methoxy groups -OCH3 is 1. The molecule has 0 radical (unpaired) electrons. The average Bonchev–Trinajstić information content (AvgIpc) is 0.864. The van der Waals surface area contributed by atoms with Gasteiger partial charge < -0.3 is 50.9 Å². The number of hydrogen-bond donors (Lipinski definition) is 3. The molecule has 738 valence electrons. The monoisotopic (exact) mass is 1830 g/mol. The predicted molar refractivity (Wildman–Crippen MR) is 611 cm³/mol. The second-order valence-electron chi connectivity index (χ2n) is 39.6. The maximum atomic E-state index is 5.60. The molecule has 0 unspecified atom stereocenters. The fraction of sp³-hybridized carbons (Fsp3) is 0.424. The van der Waals surface area contributed by atoms with Crippen molar-refractivity contribution in [3.05, 3.63) is 370 Å². The number of anilines is 9. The fourth-order valence-corrected chi connectivity index (χ4v) is 13.2. The molecule has 0 aromatic heterocycles. The van der Waals surface area contributed by atoms with Gasteiger partial charge in [0.25, 0.3) is 0 Å². The molecular formula is C125H187N9O. The van der Waals surface area contributed by atoms with E-state index in [4.69, 9.17) is 16.2 Å². The minimum absolute atomic E-state index is 0.573. The first-order chi connectivity index (χ1) is 63.6. The Balaban J connectivity index is 0.000000737. The van der Waals surface area contributed by atoms with Crippen LogP contribution in [0.4, 0.5) is 51.2 Å². The van der Waals surface area contributed by atoms with Crippen molar-refractivity contribution < 1.29 is 4.74 Å². The molecule has 5 N–H and O–H groups in total. The summed E-state index contributed by atoms with van der Waals surface area (Å²) in [5, 5.41) is 3.09. The van der Waals surface area contributed by atoms with Gasteiger partial charge in [-0.25, -0.2) is 0 Å². The third kappa shape index (κ3) is 51.2. The van der Waals surface area contributed by atoms with Gasteiger partial charge in [0.05, 0.1) is 7.11 Å². The molecule has 0 amide bonds. The van der Waals surface area contributed by atoms with Crippen LogP contribution >= 0.6 is 0 Å². The lowest BCUT2D eigenvalue weighted by Gasteiger charge is -2.19. The largest absolute Gasteiger partial charge is 0.497 e. The molecule has 0 heterocycles. The maximum Gasteiger partial charge on any atom is 0.118 e. The molecule has 0 bridgehead atoms. The van der Waals surface area contributed by atoms with E-state index in [1.165, 1.54) is 119 Å². The van der Waals surface area contributed by atoms with Crippen LogP contribution in [0.25, 0.3) is 0 Å². The van der Waals surface area contributed by atoms with Crippen LogP contribution in [0.5, 0.6) is 5.75 Å². The average molecular weight is 1830 g/mol. The first-order valence-corrected chi connectivity index (χ1v) is 49.5. The van der Waals surface area contributed by atoms with E-state index in [0.717, 1.165) is 23.7 Å². The molecule has 0 atom stereocenters. The zero-order valence-electron chi connectivity index (χ0n) is 91.9. The highest BCUT2D eigenvalue weighted by Crippen LogP contribution is 2.29. The van der Waals surface area contributed by atoms with Crippen molar-refractivity contribution in [3.8, 4) is 5.75 Å². The van der Waals surface area contributed by atoms with Crippen molar-refractivity contribution >= 4 is 51.2 Å². The molecule has 10 nitrogen and oxygen atoms in total. The van der Waals surface area contributed by atoms with Gasteiger partial charge in [0.1, 0.15) is 5.75 Å². The van der Waals surface area contributed by atoms with Crippen LogP contribution in [0.15, 0.2) is 297 Å². The fourth-order valence-electron chi connectivity index (χ4n) is 13.2. The summed E-state index contributed by atoms with van der Waals surface area (Å²) in [5.41, 5.74) is 39.7. The van der Waals surface area contributed by atoms with Crippen molar-refractivity contribution in [3.63, 3.8) is 0 Å². The summed E-state index contributed by atoms with van der Waals surface area (Å²) in [7, 11) is 26.4. The van der Waals surface area contributed by atoms with E-state index in [9.17, 15) is 0 Å². The molecule has 10 heteroatoms. The van der Waals surface area contributed by atoms with E-state index < -0.39 is 0 Å². The van der Waals surface area contributed by atoms with Crippen molar-refractivity contribution in [2.24, 2.45) is 0 Å². The van der Waals surface area contributed by atoms with Crippen LogP contribution in [-0.2, 0) is 0 Å². The topological polar surface area (TPSA) is 92.7 Å². The quantitative estimate of drug-likeness (QED) is 0.0570. The van der Waals surface area contributed by atoms with E-state index in [1.807, 2.05) is 55.6 Å². The molecule has 0 saturated heterocycles. The Morgan fingerprint density at radius 1 is 0.252 bits per heavy atom. The lowest BCUT2D eigenvalue weighted by molar-refractivity contribution is 0.414. The summed E-state index contributed by atoms with van der Waals surface area (Å²) in [4.78, 5) is 12.9. The number of nitrogens with two attached hydrogens (primary N) is 2. The second-order valence-corrected chi connectivity index (χ2v) is 39.6. The number of aryl methyl sites for hydroxylation is 1. The van der Waals surface area contributed by atoms with Gasteiger partial charge >= 0.3 is 0 Å². The van der Waals surface area contributed by atoms with Crippen molar-refractivity contribution in [2.45, 2.75) is 257 Å². The smallest absolute Gasteiger partial charge is 0.118 e. The predicted octanol–water partition coefficient (Wildman–Crippen LogP) is 34.4. The van der Waals surface area contributed by atoms with Gasteiger partial charge in [-0.15, -0.1) is 0 Å². The van der Waals surface area contributed by atoms with Gasteiger partial charge in [0, 0.05) is 142 Å². The van der Waals surface area contributed by atoms with Gasteiger partial charge in [-0.05, 0) is 266 Å². The van der Waals surface area contributed by atoms with E-state index >= 15 is 0 Å². The summed E-state index contributed by atoms with van der Waals surface area (Å²) in [5.74, 6) is 8.35. The van der Waals surface area contributed by atoms with E-state index in [0.29, 0.717) is 71.0 Å². The second kappa shape index (κ2) is 66.9. The SMILES string of the molecule is CC(C)c1ccc(N(C)C)cc1.CC(C)c1ccc(N(C)C)cc1.CC(C)c1ccc(N(C)C)cc1.CC(C)c1ccc(N)cc1.CC(C)c1cccc(N(C)C)c1.CC(C)c1cccc(N)c1.CC(C)c1ccccc1.CC(C)c1ccccc1N(C)C.CCCN(C)c1ccc(C(C)C)cc1.CNc1ccc(C(C)C)cc1.COc1ccc(C(C)C)cc1.Cc1ccc(C(C)C)cc1. The number of benzene rings is 12. The van der Waals surface area contributed by atoms with Crippen molar-refractivity contribution in [2.75, 3.05) is 144 Å². The van der Waals surface area contributed by atoms with E-state index in [1.54, 1.807) is 7.11 Å². The number of nitrogens with one attached hydrogen (secondary N) is 1. The van der Waals surface area contributed by atoms with Crippen LogP contribution in [0.2, 0.25) is 0 Å². The lowest BCUT2D eigenvalue weighted by atomic mass is 10.0. The minimum Gasteiger partial charge on any atom is -0.497 e. The van der Waals surface area contributed by atoms with E-state index in [-0.39, 0.29) is 0 Å². The number of hydrogen-bond acceptors (Lipinski definition) is 10. The molecule has 0 aliphatic heterocycles. The summed E-state index contributed by atoms with van der Waals surface area (Å²) in [6.45, 7) is 58.3. The van der Waals surface area contributed by atoms with E-state index in [2.05, 4.69) is 541 Å². The maximum absolute atomic E-state index is 5.60. The zero-order chi connectivity index (χ0) is 102. The normalized spacial score (nSPS) is 10.4. The molecule has 12 rings (SSSR count). The minimum atomic E-state index is 0.573. The first kappa shape index (κ1) is 122. The molecule has 0 aliphatic rings. The zero-order valence-corrected chi connectivity index (χ0v) is 91.9. The Morgan fingerprint density at radius 2 is 0.526 bits per heavy atom. The number of ether oxygens (including phenoxy) is 1. The Hall–Kier alpha value is -11.4. The molecule has 12 aromatic rings. The Bertz CT molecular complexity index is 4560. The third-order valence-corrected chi connectivity index (χ3v) is 22.9. The van der Waals surface area contributed by atoms with Gasteiger partial charge in [0.2, 0.25) is 0 Å². The molecule has 0 aliphatic carbocycles. The highest BCUT2D eigenvalue weighted by atomic mass is 16.5. The van der Waals surface area contributed by atoms with Gasteiger partial charge in [-0.3, -0.25) is 0 Å². The van der Waals surface area contributed by atoms with Gasteiger partial charge in [-0.1, -0.05) is 361 Å². The van der Waals surface area contributed by atoms with Crippen LogP contribution in [0, 0.1) is 6.92 Å². The Kier molecular flexibility index (Phi) is 60.3. The Labute approximate surface area is 827 Å². The molecule has 135 heavy (non-hydrogen) atoms. The van der Waals surface area contributed by atoms with Crippen molar-refractivity contribution in [1.29, 1.82) is 0 Å². The van der Waals surface area contributed by atoms with Gasteiger partial charge in [0.15, 0.2) is 0 Å². The highest BCUT2D eigenvalue weighted by molar-refractivity contribution is 5.55. The number of nitrogen functional groups attached to an aromatic ring is 2. The first-order valence-electron chi connectivity index (χ1n) is 49.5. The standard InChI is InChI=1S/C13H21N.5C11H17N.C10H15N.C10H14O.C10H14.2C9H13N.C9H12/c1-5-10-14(4)13-8-6-12(7-9-13)11(2)3;3*1-9(2)10-5-7-11(8-6-10)12(3)4;1-9(2)10-6-5-7-11(8-10)12(3)4;1-9(2)10-7-5-6-8-11(10)12(3)4;2*1-8(2)9-4-6-10(11-3)7-5-9;1-8(2)10-6-4-9(3)5-7-10;1-7(2)8-3-5-9(10)6-4-8;1-7(2)8-4-3-5-9(10)6-8;1-8(2)9-6-4-3-5-7-9/h6-9,11H,5,10H2,1-4H3;5*5-9H,1-4H3;4-8,11H,1-3H3;4-8H,1-3H3;4-8H,1-3H3;2*3-7H,10H2,1-2H3;3-8H,1-2H3. The number of nitrogens with zero attached hydrogens (tertiary/aromatic N) is 6. The lowest BCUT2D eigenvalue weighted by Crippen LogP contribution is -2.17. The number of para-hydroxylation sites is 1. The summed E-state index contributed by atoms with van der Waals surface area (Å²) >= 11 is 0. The molecular weight excluding hydrogens is 1640 g/mol. The van der Waals surface area contributed by atoms with Gasteiger partial charge in [-0.2, -0.15) is 0 Å².